The molecule has 2 aromatic carbocycles. The minimum absolute atomic E-state index is 0.0474. The summed E-state index contributed by atoms with van der Waals surface area (Å²) in [6.07, 6.45) is -3.95. The lowest BCUT2D eigenvalue weighted by Crippen LogP contribution is -2.19. The maximum atomic E-state index is 13.4. The summed E-state index contributed by atoms with van der Waals surface area (Å²) >= 11 is 1.02. The molecule has 0 radical (unpaired) electrons. The Bertz CT molecular complexity index is 1320. The van der Waals surface area contributed by atoms with Gasteiger partial charge in [-0.15, -0.1) is 11.3 Å². The minimum Gasteiger partial charge on any atom is -0.266 e. The zero-order chi connectivity index (χ0) is 22.9. The number of carbonyl (C=O) groups is 1. The van der Waals surface area contributed by atoms with Crippen LogP contribution >= 0.6 is 11.3 Å². The van der Waals surface area contributed by atoms with Crippen LogP contribution < -0.4 is 5.43 Å². The predicted molar refractivity (Wildman–Crippen MR) is 118 cm³/mol. The number of hydrogen-bond donors (Lipinski definition) is 1. The SMILES string of the molecule is CC/C(C)=N/NC(=O)c1csc(-n2nc(C(F)(F)F)cc2-c2ccc3ccccc3c2)n1. The topological polar surface area (TPSA) is 72.2 Å². The molecular formula is C22H18F3N5OS. The van der Waals surface area contributed by atoms with E-state index >= 15 is 0 Å². The van der Waals surface area contributed by atoms with Gasteiger partial charge in [0.05, 0.1) is 5.69 Å². The Kier molecular flexibility index (Phi) is 5.79. The fraction of sp³-hybridized carbons (Fsp3) is 0.182. The molecule has 6 nitrogen and oxygen atoms in total. The van der Waals surface area contributed by atoms with Gasteiger partial charge < -0.3 is 0 Å². The molecule has 0 saturated heterocycles. The van der Waals surface area contributed by atoms with Gasteiger partial charge in [-0.1, -0.05) is 43.3 Å². The van der Waals surface area contributed by atoms with Crippen LogP contribution in [0.1, 0.15) is 36.5 Å². The molecule has 0 saturated carbocycles. The molecule has 0 aliphatic rings. The van der Waals surface area contributed by atoms with E-state index in [1.165, 1.54) is 5.38 Å². The van der Waals surface area contributed by atoms with E-state index in [0.717, 1.165) is 38.6 Å². The van der Waals surface area contributed by atoms with Crippen LogP contribution in [0.15, 0.2) is 59.0 Å². The summed E-state index contributed by atoms with van der Waals surface area (Å²) in [5, 5.41) is 11.1. The number of halogens is 3. The van der Waals surface area contributed by atoms with Crippen molar-refractivity contribution in [1.82, 2.24) is 20.2 Å². The Morgan fingerprint density at radius 2 is 1.91 bits per heavy atom. The monoisotopic (exact) mass is 457 g/mol. The zero-order valence-corrected chi connectivity index (χ0v) is 18.0. The van der Waals surface area contributed by atoms with Crippen molar-refractivity contribution in [2.24, 2.45) is 5.10 Å². The van der Waals surface area contributed by atoms with Crippen LogP contribution in [0, 0.1) is 0 Å². The number of thiazole rings is 1. The summed E-state index contributed by atoms with van der Waals surface area (Å²) < 4.78 is 41.4. The highest BCUT2D eigenvalue weighted by molar-refractivity contribution is 7.12. The zero-order valence-electron chi connectivity index (χ0n) is 17.1. The minimum atomic E-state index is -4.62. The highest BCUT2D eigenvalue weighted by Gasteiger charge is 2.35. The van der Waals surface area contributed by atoms with E-state index < -0.39 is 17.8 Å². The Morgan fingerprint density at radius 1 is 1.16 bits per heavy atom. The number of benzene rings is 2. The lowest BCUT2D eigenvalue weighted by molar-refractivity contribution is -0.141. The standard InChI is InChI=1S/C22H18F3N5OS/c1-3-13(2)27-28-20(31)17-12-32-21(26-17)30-18(11-19(29-30)22(23,24)25)16-9-8-14-6-4-5-7-15(14)10-16/h4-12H,3H2,1-2H3,(H,28,31)/b27-13+. The first-order chi connectivity index (χ1) is 15.3. The molecule has 1 amide bonds. The van der Waals surface area contributed by atoms with Gasteiger partial charge in [-0.05, 0) is 36.2 Å². The summed E-state index contributed by atoms with van der Waals surface area (Å²) in [6, 6.07) is 13.9. The van der Waals surface area contributed by atoms with Gasteiger partial charge in [-0.25, -0.2) is 15.1 Å². The van der Waals surface area contributed by atoms with Crippen molar-refractivity contribution >= 4 is 33.7 Å². The van der Waals surface area contributed by atoms with Gasteiger partial charge >= 0.3 is 6.18 Å². The fourth-order valence-electron chi connectivity index (χ4n) is 2.97. The van der Waals surface area contributed by atoms with E-state index in [4.69, 9.17) is 0 Å². The number of nitrogens with one attached hydrogen (secondary N) is 1. The van der Waals surface area contributed by atoms with Gasteiger partial charge in [0.1, 0.15) is 5.69 Å². The summed E-state index contributed by atoms with van der Waals surface area (Å²) in [4.78, 5) is 16.5. The molecule has 2 aromatic heterocycles. The maximum Gasteiger partial charge on any atom is 0.435 e. The Labute approximate surface area is 185 Å². The van der Waals surface area contributed by atoms with Gasteiger partial charge in [0.2, 0.25) is 5.13 Å². The molecular weight excluding hydrogens is 439 g/mol. The van der Waals surface area contributed by atoms with Crippen molar-refractivity contribution in [3.63, 3.8) is 0 Å². The molecule has 0 atom stereocenters. The van der Waals surface area contributed by atoms with Crippen LogP contribution in [0.4, 0.5) is 13.2 Å². The van der Waals surface area contributed by atoms with E-state index in [1.54, 1.807) is 19.1 Å². The van der Waals surface area contributed by atoms with Crippen molar-refractivity contribution in [3.05, 3.63) is 65.3 Å². The highest BCUT2D eigenvalue weighted by atomic mass is 32.1. The van der Waals surface area contributed by atoms with Crippen molar-refractivity contribution in [3.8, 4) is 16.4 Å². The largest absolute Gasteiger partial charge is 0.435 e. The van der Waals surface area contributed by atoms with Gasteiger partial charge in [0.25, 0.3) is 5.91 Å². The number of hydrazone groups is 1. The number of rotatable bonds is 5. The number of aromatic nitrogens is 3. The second kappa shape index (κ2) is 8.54. The molecule has 2 heterocycles. The van der Waals surface area contributed by atoms with Crippen molar-refractivity contribution < 1.29 is 18.0 Å². The third kappa shape index (κ3) is 4.40. The molecule has 0 aliphatic heterocycles. The van der Waals surface area contributed by atoms with E-state index in [2.05, 4.69) is 20.6 Å². The summed E-state index contributed by atoms with van der Waals surface area (Å²) in [5.74, 6) is -0.546. The van der Waals surface area contributed by atoms with Crippen molar-refractivity contribution in [2.45, 2.75) is 26.4 Å². The van der Waals surface area contributed by atoms with Gasteiger partial charge in [0, 0.05) is 16.7 Å². The third-order valence-electron chi connectivity index (χ3n) is 4.81. The molecule has 0 spiro atoms. The number of fused-ring (bicyclic) bond motifs is 1. The first-order valence-electron chi connectivity index (χ1n) is 9.72. The quantitative estimate of drug-likeness (QED) is 0.309. The normalized spacial score (nSPS) is 12.3. The van der Waals surface area contributed by atoms with E-state index in [1.807, 2.05) is 37.3 Å². The van der Waals surface area contributed by atoms with Gasteiger partial charge in [0.15, 0.2) is 5.69 Å². The van der Waals surface area contributed by atoms with Crippen molar-refractivity contribution in [2.75, 3.05) is 0 Å². The summed E-state index contributed by atoms with van der Waals surface area (Å²) in [5.41, 5.74) is 2.91. The molecule has 1 N–H and O–H groups in total. The molecule has 0 aliphatic carbocycles. The molecule has 0 fully saturated rings. The fourth-order valence-corrected chi connectivity index (χ4v) is 3.73. The smallest absolute Gasteiger partial charge is 0.266 e. The molecule has 4 rings (SSSR count). The molecule has 164 valence electrons. The number of alkyl halides is 3. The molecule has 32 heavy (non-hydrogen) atoms. The van der Waals surface area contributed by atoms with Gasteiger partial charge in [-0.2, -0.15) is 23.4 Å². The number of hydrogen-bond acceptors (Lipinski definition) is 5. The lowest BCUT2D eigenvalue weighted by atomic mass is 10.0. The van der Waals surface area contributed by atoms with Gasteiger partial charge in [-0.3, -0.25) is 4.79 Å². The molecule has 4 aromatic rings. The summed E-state index contributed by atoms with van der Waals surface area (Å²) in [6.45, 7) is 3.67. The van der Waals surface area contributed by atoms with Crippen LogP contribution in [0.2, 0.25) is 0 Å². The van der Waals surface area contributed by atoms with Crippen molar-refractivity contribution in [1.29, 1.82) is 0 Å². The third-order valence-corrected chi connectivity index (χ3v) is 5.63. The van der Waals surface area contributed by atoms with E-state index in [0.29, 0.717) is 12.0 Å². The Balaban J connectivity index is 1.76. The van der Waals surface area contributed by atoms with Crippen LogP contribution in [-0.4, -0.2) is 26.4 Å². The number of carbonyl (C=O) groups excluding carboxylic acids is 1. The highest BCUT2D eigenvalue weighted by Crippen LogP contribution is 2.34. The van der Waals surface area contributed by atoms with Crippen LogP contribution in [0.25, 0.3) is 27.2 Å². The molecule has 0 unspecified atom stereocenters. The van der Waals surface area contributed by atoms with E-state index in [9.17, 15) is 18.0 Å². The summed E-state index contributed by atoms with van der Waals surface area (Å²) in [7, 11) is 0. The van der Waals surface area contributed by atoms with Crippen LogP contribution in [0.3, 0.4) is 0 Å². The molecule has 0 bridgehead atoms. The predicted octanol–water partition coefficient (Wildman–Crippen LogP) is 5.68. The average molecular weight is 457 g/mol. The second-order valence-electron chi connectivity index (χ2n) is 7.04. The lowest BCUT2D eigenvalue weighted by Gasteiger charge is -2.06. The van der Waals surface area contributed by atoms with Crippen LogP contribution in [0.5, 0.6) is 0 Å². The van der Waals surface area contributed by atoms with Crippen LogP contribution in [-0.2, 0) is 6.18 Å². The maximum absolute atomic E-state index is 13.4. The van der Waals surface area contributed by atoms with E-state index in [-0.39, 0.29) is 16.5 Å². The first-order valence-corrected chi connectivity index (χ1v) is 10.6. The Morgan fingerprint density at radius 3 is 2.62 bits per heavy atom. The molecule has 10 heteroatoms. The first kappa shape index (κ1) is 21.7. The Hall–Kier alpha value is -3.53. The number of nitrogens with zero attached hydrogens (tertiary/aromatic N) is 4. The second-order valence-corrected chi connectivity index (χ2v) is 7.88. The average Bonchev–Trinajstić information content (AvgIpc) is 3.44. The number of amides is 1.